The van der Waals surface area contributed by atoms with E-state index in [2.05, 4.69) is 5.32 Å². The molecule has 2 N–H and O–H groups in total. The van der Waals surface area contributed by atoms with Gasteiger partial charge in [-0.05, 0) is 31.9 Å². The number of hydrogen-bond acceptors (Lipinski definition) is 3. The minimum atomic E-state index is -1.08. The predicted octanol–water partition coefficient (Wildman–Crippen LogP) is 2.63. The molecule has 1 amide bonds. The molecular formula is C17H22N2O4. The minimum Gasteiger partial charge on any atom is -0.478 e. The van der Waals surface area contributed by atoms with Crippen LogP contribution in [0.25, 0.3) is 0 Å². The maximum atomic E-state index is 12.2. The van der Waals surface area contributed by atoms with Crippen LogP contribution in [0.2, 0.25) is 0 Å². The van der Waals surface area contributed by atoms with E-state index in [9.17, 15) is 9.59 Å². The van der Waals surface area contributed by atoms with E-state index >= 15 is 0 Å². The fourth-order valence-electron chi connectivity index (χ4n) is 2.47. The molecule has 124 valence electrons. The van der Waals surface area contributed by atoms with Crippen molar-refractivity contribution in [2.45, 2.75) is 39.2 Å². The molecule has 23 heavy (non-hydrogen) atoms. The number of amides is 1. The molecule has 0 spiro atoms. The number of hydrogen-bond donors (Lipinski definition) is 2. The fourth-order valence-corrected chi connectivity index (χ4v) is 2.47. The quantitative estimate of drug-likeness (QED) is 0.822. The first kappa shape index (κ1) is 16.9. The van der Waals surface area contributed by atoms with Gasteiger partial charge in [0.05, 0.1) is 0 Å². The molecule has 0 radical (unpaired) electrons. The van der Waals surface area contributed by atoms with Gasteiger partial charge in [-0.3, -0.25) is 4.79 Å². The molecule has 2 aromatic heterocycles. The number of aryl methyl sites for hydroxylation is 3. The van der Waals surface area contributed by atoms with E-state index in [1.165, 1.54) is 11.8 Å². The second kappa shape index (κ2) is 7.17. The highest BCUT2D eigenvalue weighted by molar-refractivity contribution is 5.96. The molecule has 2 aromatic rings. The molecule has 0 saturated carbocycles. The molecule has 0 bridgehead atoms. The third-order valence-corrected chi connectivity index (χ3v) is 3.85. The summed E-state index contributed by atoms with van der Waals surface area (Å²) in [6.07, 6.45) is 4.06. The molecular weight excluding hydrogens is 296 g/mol. The highest BCUT2D eigenvalue weighted by atomic mass is 16.4. The second-order valence-electron chi connectivity index (χ2n) is 5.63. The summed E-state index contributed by atoms with van der Waals surface area (Å²) in [6, 6.07) is 5.29. The van der Waals surface area contributed by atoms with Crippen LogP contribution in [0.5, 0.6) is 0 Å². The highest BCUT2D eigenvalue weighted by Gasteiger charge is 2.20. The number of aromatic nitrogens is 1. The largest absolute Gasteiger partial charge is 0.478 e. The van der Waals surface area contributed by atoms with Gasteiger partial charge in [-0.1, -0.05) is 6.92 Å². The Bertz CT molecular complexity index is 699. The molecule has 0 saturated heterocycles. The number of nitrogens with one attached hydrogen (secondary N) is 1. The molecule has 0 aliphatic heterocycles. The maximum absolute atomic E-state index is 12.2. The van der Waals surface area contributed by atoms with Crippen molar-refractivity contribution in [1.29, 1.82) is 0 Å². The van der Waals surface area contributed by atoms with E-state index < -0.39 is 5.97 Å². The zero-order valence-electron chi connectivity index (χ0n) is 13.6. The lowest BCUT2D eigenvalue weighted by Gasteiger charge is -2.13. The van der Waals surface area contributed by atoms with Crippen LogP contribution in [0.1, 0.15) is 52.6 Å². The van der Waals surface area contributed by atoms with Gasteiger partial charge in [0.2, 0.25) is 0 Å². The molecule has 6 heteroatoms. The summed E-state index contributed by atoms with van der Waals surface area (Å²) in [5.41, 5.74) is 1.25. The van der Waals surface area contributed by atoms with Crippen molar-refractivity contribution in [1.82, 2.24) is 9.88 Å². The van der Waals surface area contributed by atoms with E-state index in [1.54, 1.807) is 6.92 Å². The van der Waals surface area contributed by atoms with Crippen molar-refractivity contribution in [2.75, 3.05) is 0 Å². The van der Waals surface area contributed by atoms with Crippen LogP contribution in [0, 0.1) is 0 Å². The van der Waals surface area contributed by atoms with Gasteiger partial charge >= 0.3 is 5.97 Å². The lowest BCUT2D eigenvalue weighted by Crippen LogP contribution is -2.32. The third kappa shape index (κ3) is 4.03. The van der Waals surface area contributed by atoms with Gasteiger partial charge in [-0.25, -0.2) is 4.79 Å². The zero-order valence-corrected chi connectivity index (χ0v) is 13.6. The first-order valence-electron chi connectivity index (χ1n) is 7.69. The average molecular weight is 318 g/mol. The Labute approximate surface area is 135 Å². The van der Waals surface area contributed by atoms with E-state index in [-0.39, 0.29) is 23.3 Å². The molecule has 1 unspecified atom stereocenters. The molecule has 6 nitrogen and oxygen atoms in total. The summed E-state index contributed by atoms with van der Waals surface area (Å²) in [4.78, 5) is 23.3. The van der Waals surface area contributed by atoms with Crippen LogP contribution >= 0.6 is 0 Å². The lowest BCUT2D eigenvalue weighted by atomic mass is 10.1. The average Bonchev–Trinajstić information content (AvgIpc) is 3.11. The molecule has 0 aliphatic rings. The van der Waals surface area contributed by atoms with Crippen molar-refractivity contribution in [3.05, 3.63) is 47.2 Å². The van der Waals surface area contributed by atoms with Gasteiger partial charge in [0.1, 0.15) is 11.3 Å². The van der Waals surface area contributed by atoms with Crippen LogP contribution < -0.4 is 5.32 Å². The third-order valence-electron chi connectivity index (χ3n) is 3.85. The molecule has 2 heterocycles. The van der Waals surface area contributed by atoms with Gasteiger partial charge in [-0.2, -0.15) is 0 Å². The number of rotatable bonds is 7. The monoisotopic (exact) mass is 318 g/mol. The van der Waals surface area contributed by atoms with E-state index in [4.69, 9.17) is 9.52 Å². The summed E-state index contributed by atoms with van der Waals surface area (Å²) in [5, 5.41) is 11.9. The number of aromatic carboxylic acids is 1. The molecule has 0 aliphatic carbocycles. The number of carboxylic acid groups (broad SMARTS) is 1. The summed E-state index contributed by atoms with van der Waals surface area (Å²) in [6.45, 7) is 3.71. The first-order chi connectivity index (χ1) is 10.9. The molecule has 0 aromatic carbocycles. The topological polar surface area (TPSA) is 84.5 Å². The predicted molar refractivity (Wildman–Crippen MR) is 85.7 cm³/mol. The first-order valence-corrected chi connectivity index (χ1v) is 7.69. The van der Waals surface area contributed by atoms with Crippen LogP contribution in [0.3, 0.4) is 0 Å². The van der Waals surface area contributed by atoms with Crippen molar-refractivity contribution in [2.24, 2.45) is 7.05 Å². The Morgan fingerprint density at radius 3 is 2.70 bits per heavy atom. The van der Waals surface area contributed by atoms with Gasteiger partial charge in [0, 0.05) is 37.5 Å². The SMILES string of the molecule is CCc1oc(C(=O)NC(C)CCc2cccn2C)cc1C(=O)O. The summed E-state index contributed by atoms with van der Waals surface area (Å²) >= 11 is 0. The normalized spacial score (nSPS) is 12.1. The maximum Gasteiger partial charge on any atom is 0.339 e. The number of nitrogens with zero attached hydrogens (tertiary/aromatic N) is 1. The van der Waals surface area contributed by atoms with Crippen LogP contribution in [0.15, 0.2) is 28.8 Å². The summed E-state index contributed by atoms with van der Waals surface area (Å²) in [7, 11) is 1.99. The molecule has 1 atom stereocenters. The van der Waals surface area contributed by atoms with Crippen molar-refractivity contribution >= 4 is 11.9 Å². The standard InChI is InChI=1S/C17H22N2O4/c1-4-14-13(17(21)22)10-15(23-14)16(20)18-11(2)7-8-12-6-5-9-19(12)3/h5-6,9-11H,4,7-8H2,1-3H3,(H,18,20)(H,21,22). The van der Waals surface area contributed by atoms with Crippen molar-refractivity contribution in [3.63, 3.8) is 0 Å². The van der Waals surface area contributed by atoms with E-state index in [1.807, 2.05) is 36.9 Å². The van der Waals surface area contributed by atoms with Crippen molar-refractivity contribution < 1.29 is 19.1 Å². The van der Waals surface area contributed by atoms with Gasteiger partial charge in [0.15, 0.2) is 5.76 Å². The smallest absolute Gasteiger partial charge is 0.339 e. The molecule has 2 rings (SSSR count). The van der Waals surface area contributed by atoms with Gasteiger partial charge in [0.25, 0.3) is 5.91 Å². The number of carboxylic acids is 1. The van der Waals surface area contributed by atoms with Gasteiger partial charge in [-0.15, -0.1) is 0 Å². The Morgan fingerprint density at radius 2 is 2.17 bits per heavy atom. The number of carbonyl (C=O) groups is 2. The van der Waals surface area contributed by atoms with E-state index in [0.29, 0.717) is 12.2 Å². The zero-order chi connectivity index (χ0) is 17.0. The minimum absolute atomic E-state index is 0.0409. The summed E-state index contributed by atoms with van der Waals surface area (Å²) in [5.74, 6) is -1.10. The Morgan fingerprint density at radius 1 is 1.43 bits per heavy atom. The Kier molecular flexibility index (Phi) is 5.26. The fraction of sp³-hybridized carbons (Fsp3) is 0.412. The van der Waals surface area contributed by atoms with Crippen LogP contribution in [-0.4, -0.2) is 27.6 Å². The Balaban J connectivity index is 1.95. The summed E-state index contributed by atoms with van der Waals surface area (Å²) < 4.78 is 7.41. The van der Waals surface area contributed by atoms with E-state index in [0.717, 1.165) is 12.8 Å². The number of carbonyl (C=O) groups excluding carboxylic acids is 1. The van der Waals surface area contributed by atoms with Crippen molar-refractivity contribution in [3.8, 4) is 0 Å². The highest BCUT2D eigenvalue weighted by Crippen LogP contribution is 2.17. The lowest BCUT2D eigenvalue weighted by molar-refractivity contribution is 0.0694. The van der Waals surface area contributed by atoms with Crippen LogP contribution in [-0.2, 0) is 19.9 Å². The number of furan rings is 1. The van der Waals surface area contributed by atoms with Gasteiger partial charge < -0.3 is 19.4 Å². The van der Waals surface area contributed by atoms with Crippen LogP contribution in [0.4, 0.5) is 0 Å². The molecule has 0 fully saturated rings. The second-order valence-corrected chi connectivity index (χ2v) is 5.63. The Hall–Kier alpha value is -2.50.